The number of hydrogen-bond donors (Lipinski definition) is 3. The number of nitrogens with one attached hydrogen (secondary N) is 1. The number of sulfonamides is 1. The zero-order valence-electron chi connectivity index (χ0n) is 14.4. The van der Waals surface area contributed by atoms with Gasteiger partial charge in [-0.05, 0) is 44.0 Å². The number of rotatable bonds is 7. The van der Waals surface area contributed by atoms with Crippen LogP contribution in [0.2, 0.25) is 0 Å². The van der Waals surface area contributed by atoms with Crippen LogP contribution in [-0.2, 0) is 10.0 Å². The molecular weight excluding hydrogens is 357 g/mol. The highest BCUT2D eigenvalue weighted by Gasteiger charge is 2.29. The first-order valence-corrected chi connectivity index (χ1v) is 10.0. The van der Waals surface area contributed by atoms with Crippen molar-refractivity contribution < 1.29 is 12.8 Å². The molecule has 0 radical (unpaired) electrons. The Morgan fingerprint density at radius 3 is 2.81 bits per heavy atom. The third-order valence-electron chi connectivity index (χ3n) is 4.22. The number of hydrogen-bond acceptors (Lipinski definition) is 5. The average molecular weight is 379 g/mol. The van der Waals surface area contributed by atoms with Crippen molar-refractivity contribution in [3.05, 3.63) is 47.8 Å². The fourth-order valence-electron chi connectivity index (χ4n) is 2.71. The minimum atomic E-state index is -3.34. The molecule has 1 aromatic carbocycles. The Bertz CT molecular complexity index is 990. The lowest BCUT2D eigenvalue weighted by Gasteiger charge is -2.10. The summed E-state index contributed by atoms with van der Waals surface area (Å²) in [5.74, 6) is 0.244. The summed E-state index contributed by atoms with van der Waals surface area (Å²) >= 11 is 0. The molecule has 0 spiro atoms. The van der Waals surface area contributed by atoms with Crippen LogP contribution < -0.4 is 16.2 Å². The summed E-state index contributed by atoms with van der Waals surface area (Å²) in [7, 11) is -3.34. The van der Waals surface area contributed by atoms with Crippen LogP contribution >= 0.6 is 0 Å². The molecule has 1 aliphatic rings. The van der Waals surface area contributed by atoms with Gasteiger partial charge in [-0.2, -0.15) is 0 Å². The molecule has 5 N–H and O–H groups in total. The van der Waals surface area contributed by atoms with Crippen molar-refractivity contribution >= 4 is 26.6 Å². The van der Waals surface area contributed by atoms with Crippen LogP contribution in [0.5, 0.6) is 0 Å². The summed E-state index contributed by atoms with van der Waals surface area (Å²) in [5, 5.41) is 0. The van der Waals surface area contributed by atoms with Gasteiger partial charge in [0.05, 0.1) is 23.3 Å². The van der Waals surface area contributed by atoms with E-state index in [1.165, 1.54) is 18.3 Å². The van der Waals surface area contributed by atoms with E-state index in [9.17, 15) is 12.8 Å². The van der Waals surface area contributed by atoms with Crippen molar-refractivity contribution in [3.8, 4) is 0 Å². The van der Waals surface area contributed by atoms with Crippen molar-refractivity contribution in [1.29, 1.82) is 0 Å². The predicted octanol–water partition coefficient (Wildman–Crippen LogP) is 1.59. The number of halogens is 1. The molecule has 1 aliphatic carbocycles. The van der Waals surface area contributed by atoms with Gasteiger partial charge in [0.1, 0.15) is 11.6 Å². The first kappa shape index (κ1) is 18.4. The van der Waals surface area contributed by atoms with E-state index in [1.54, 1.807) is 19.1 Å². The van der Waals surface area contributed by atoms with E-state index < -0.39 is 10.0 Å². The minimum absolute atomic E-state index is 0.0220. The van der Waals surface area contributed by atoms with Crippen LogP contribution in [0.15, 0.2) is 36.2 Å². The molecule has 2 aromatic rings. The first-order valence-electron chi connectivity index (χ1n) is 8.37. The molecular formula is C17H22FN5O2S. The molecule has 0 amide bonds. The molecule has 3 rings (SSSR count). The van der Waals surface area contributed by atoms with E-state index in [-0.39, 0.29) is 24.2 Å². The van der Waals surface area contributed by atoms with E-state index in [0.717, 1.165) is 12.8 Å². The summed E-state index contributed by atoms with van der Waals surface area (Å²) in [4.78, 5) is 4.57. The second-order valence-corrected chi connectivity index (χ2v) is 8.33. The van der Waals surface area contributed by atoms with Gasteiger partial charge in [-0.15, -0.1) is 0 Å². The third-order valence-corrected chi connectivity index (χ3v) is 5.56. The highest BCUT2D eigenvalue weighted by atomic mass is 32.2. The smallest absolute Gasteiger partial charge is 0.211 e. The monoisotopic (exact) mass is 379 g/mol. The van der Waals surface area contributed by atoms with Gasteiger partial charge >= 0.3 is 0 Å². The van der Waals surface area contributed by atoms with Crippen LogP contribution in [0.4, 0.5) is 4.39 Å². The zero-order valence-corrected chi connectivity index (χ0v) is 15.3. The zero-order chi connectivity index (χ0) is 18.9. The summed E-state index contributed by atoms with van der Waals surface area (Å²) in [6.45, 7) is 1.52. The van der Waals surface area contributed by atoms with Crippen molar-refractivity contribution in [2.24, 2.45) is 11.5 Å². The molecule has 1 fully saturated rings. The number of nitrogens with zero attached hydrogens (tertiary/aromatic N) is 2. The molecule has 0 aliphatic heterocycles. The first-order chi connectivity index (χ1) is 12.3. The van der Waals surface area contributed by atoms with Gasteiger partial charge in [-0.25, -0.2) is 22.5 Å². The van der Waals surface area contributed by atoms with Crippen LogP contribution in [0.25, 0.3) is 16.6 Å². The maximum atomic E-state index is 13.7. The van der Waals surface area contributed by atoms with Crippen molar-refractivity contribution in [1.82, 2.24) is 14.3 Å². The standard InChI is InChI=1S/C17H22FN5O2S/c1-2-26(24,25)21-10-13(20)7-11(9-19)17-22-15-6-3-12(18)8-16(15)23(17)14-4-5-14/h3,6-9,14,21H,2,4-5,10,19-20H2,1H3/b11-9+,13-7-. The Hall–Kier alpha value is -2.39. The molecule has 0 unspecified atom stereocenters. The second-order valence-electron chi connectivity index (χ2n) is 6.24. The van der Waals surface area contributed by atoms with Crippen LogP contribution in [0.1, 0.15) is 31.6 Å². The molecule has 9 heteroatoms. The van der Waals surface area contributed by atoms with E-state index in [1.807, 2.05) is 4.57 Å². The fraction of sp³-hybridized carbons (Fsp3) is 0.353. The van der Waals surface area contributed by atoms with Gasteiger partial charge in [0.15, 0.2) is 0 Å². The lowest BCUT2D eigenvalue weighted by molar-refractivity contribution is 0.585. The van der Waals surface area contributed by atoms with Gasteiger partial charge < -0.3 is 16.0 Å². The SMILES string of the molecule is CCS(=O)(=O)NC/C(N)=C/C(=C\N)c1nc2ccc(F)cc2n1C1CC1. The topological polar surface area (TPSA) is 116 Å². The maximum Gasteiger partial charge on any atom is 0.211 e. The molecule has 0 atom stereocenters. The molecule has 140 valence electrons. The summed E-state index contributed by atoms with van der Waals surface area (Å²) in [6, 6.07) is 4.70. The van der Waals surface area contributed by atoms with Gasteiger partial charge in [0.25, 0.3) is 0 Å². The quantitative estimate of drug-likeness (QED) is 0.632. The largest absolute Gasteiger partial charge is 0.404 e. The fourth-order valence-corrected chi connectivity index (χ4v) is 3.30. The minimum Gasteiger partial charge on any atom is -0.404 e. The van der Waals surface area contributed by atoms with Crippen LogP contribution in [0.3, 0.4) is 0 Å². The maximum absolute atomic E-state index is 13.7. The number of aromatic nitrogens is 2. The molecule has 0 bridgehead atoms. The molecule has 7 nitrogen and oxygen atoms in total. The highest BCUT2D eigenvalue weighted by molar-refractivity contribution is 7.89. The highest BCUT2D eigenvalue weighted by Crippen LogP contribution is 2.40. The Balaban J connectivity index is 1.96. The Morgan fingerprint density at radius 1 is 1.46 bits per heavy atom. The van der Waals surface area contributed by atoms with E-state index >= 15 is 0 Å². The molecule has 1 saturated carbocycles. The number of benzene rings is 1. The molecule has 1 aromatic heterocycles. The van der Waals surface area contributed by atoms with E-state index in [0.29, 0.717) is 28.1 Å². The Labute approximate surface area is 151 Å². The van der Waals surface area contributed by atoms with Crippen LogP contribution in [0, 0.1) is 5.82 Å². The number of imidazole rings is 1. The Kier molecular flexibility index (Phi) is 5.01. The lowest BCUT2D eigenvalue weighted by atomic mass is 10.2. The third kappa shape index (κ3) is 3.88. The molecule has 1 heterocycles. The predicted molar refractivity (Wildman–Crippen MR) is 99.9 cm³/mol. The van der Waals surface area contributed by atoms with Crippen LogP contribution in [-0.4, -0.2) is 30.3 Å². The average Bonchev–Trinajstić information content (AvgIpc) is 3.38. The number of fused-ring (bicyclic) bond motifs is 1. The normalized spacial score (nSPS) is 16.4. The summed E-state index contributed by atoms with van der Waals surface area (Å²) in [5.41, 5.74) is 14.0. The van der Waals surface area contributed by atoms with Gasteiger partial charge in [0, 0.05) is 23.5 Å². The number of allylic oxidation sites excluding steroid dienone is 2. The number of nitrogens with two attached hydrogens (primary N) is 2. The Morgan fingerprint density at radius 2 is 2.19 bits per heavy atom. The second kappa shape index (κ2) is 7.08. The summed E-state index contributed by atoms with van der Waals surface area (Å²) < 4.78 is 41.1. The molecule has 0 saturated heterocycles. The van der Waals surface area contributed by atoms with Gasteiger partial charge in [0.2, 0.25) is 10.0 Å². The van der Waals surface area contributed by atoms with Gasteiger partial charge in [-0.3, -0.25) is 0 Å². The van der Waals surface area contributed by atoms with Crippen molar-refractivity contribution in [3.63, 3.8) is 0 Å². The van der Waals surface area contributed by atoms with Crippen molar-refractivity contribution in [2.75, 3.05) is 12.3 Å². The van der Waals surface area contributed by atoms with E-state index in [4.69, 9.17) is 11.5 Å². The molecule has 26 heavy (non-hydrogen) atoms. The van der Waals surface area contributed by atoms with Crippen molar-refractivity contribution in [2.45, 2.75) is 25.8 Å². The summed E-state index contributed by atoms with van der Waals surface area (Å²) in [6.07, 6.45) is 4.94. The van der Waals surface area contributed by atoms with Gasteiger partial charge in [-0.1, -0.05) is 0 Å². The lowest BCUT2D eigenvalue weighted by Crippen LogP contribution is -2.29. The van der Waals surface area contributed by atoms with E-state index in [2.05, 4.69) is 9.71 Å².